The van der Waals surface area contributed by atoms with E-state index in [0.717, 1.165) is 44.5 Å². The smallest absolute Gasteiger partial charge is 0.311 e. The summed E-state index contributed by atoms with van der Waals surface area (Å²) in [4.78, 5) is 27.9. The third-order valence-electron chi connectivity index (χ3n) is 7.22. The number of hydrogen-bond donors (Lipinski definition) is 0. The fourth-order valence-corrected chi connectivity index (χ4v) is 4.37. The molecule has 4 rings (SSSR count). The lowest BCUT2D eigenvalue weighted by molar-refractivity contribution is -0.153. The highest BCUT2D eigenvalue weighted by Gasteiger charge is 2.27. The zero-order valence-corrected chi connectivity index (χ0v) is 23.4. The van der Waals surface area contributed by atoms with Gasteiger partial charge in [-0.05, 0) is 44.0 Å². The highest BCUT2D eigenvalue weighted by Crippen LogP contribution is 2.42. The van der Waals surface area contributed by atoms with Crippen LogP contribution < -0.4 is 14.8 Å². The Morgan fingerprint density at radius 3 is 2.39 bits per heavy atom. The molecule has 0 bridgehead atoms. The highest BCUT2D eigenvalue weighted by atomic mass is 16.5. The molecule has 2 aromatic rings. The van der Waals surface area contributed by atoms with Crippen molar-refractivity contribution in [2.75, 3.05) is 39.7 Å². The van der Waals surface area contributed by atoms with Crippen LogP contribution in [-0.4, -0.2) is 46.6 Å². The second kappa shape index (κ2) is 10.8. The van der Waals surface area contributed by atoms with E-state index in [1.165, 1.54) is 0 Å². The summed E-state index contributed by atoms with van der Waals surface area (Å²) >= 11 is 0. The third kappa shape index (κ3) is 5.35. The minimum atomic E-state index is -0.566. The first-order chi connectivity index (χ1) is 18.0. The first kappa shape index (κ1) is 27.1. The Labute approximate surface area is 224 Å². The Hall–Kier alpha value is -3.93. The second-order valence-electron chi connectivity index (χ2n) is 10.7. The number of carbonyl (C=O) groups is 2. The molecule has 1 aliphatic carbocycles. The molecule has 0 spiro atoms. The Morgan fingerprint density at radius 1 is 0.974 bits per heavy atom. The molecule has 0 radical (unpaired) electrons. The number of nitrogens with zero attached hydrogens (tertiary/aromatic N) is 2. The minimum absolute atomic E-state index is 0.0550. The number of Topliss-reactive ketones (excluding diaryl/α,β-unsaturated/α-hetero) is 1. The van der Waals surface area contributed by atoms with Crippen LogP contribution in [0.25, 0.3) is 33.4 Å². The average molecular weight is 514 g/mol. The zero-order valence-electron chi connectivity index (χ0n) is 23.4. The summed E-state index contributed by atoms with van der Waals surface area (Å²) in [5.41, 5.74) is 4.51. The first-order valence-corrected chi connectivity index (χ1v) is 13.0. The fraction of sp³-hybridized carbons (Fsp3) is 0.344. The molecule has 0 N–H and O–H groups in total. The van der Waals surface area contributed by atoms with Gasteiger partial charge in [0, 0.05) is 60.4 Å². The van der Waals surface area contributed by atoms with Gasteiger partial charge in [0.1, 0.15) is 25.4 Å². The summed E-state index contributed by atoms with van der Waals surface area (Å²) in [6.45, 7) is 5.71. The number of anilines is 1. The average Bonchev–Trinajstić information content (AvgIpc) is 2.90. The van der Waals surface area contributed by atoms with E-state index in [1.807, 2.05) is 94.8 Å². The Kier molecular flexibility index (Phi) is 7.72. The van der Waals surface area contributed by atoms with Crippen LogP contribution in [0.4, 0.5) is 5.69 Å². The van der Waals surface area contributed by atoms with Crippen molar-refractivity contribution in [1.82, 2.24) is 4.58 Å². The van der Waals surface area contributed by atoms with Gasteiger partial charge >= 0.3 is 5.97 Å². The zero-order chi connectivity index (χ0) is 27.6. The van der Waals surface area contributed by atoms with Crippen LogP contribution in [0.2, 0.25) is 0 Å². The van der Waals surface area contributed by atoms with E-state index in [4.69, 9.17) is 9.15 Å². The van der Waals surface area contributed by atoms with Gasteiger partial charge in [-0.2, -0.15) is 0 Å². The van der Waals surface area contributed by atoms with E-state index >= 15 is 0 Å². The van der Waals surface area contributed by atoms with Crippen molar-refractivity contribution in [1.29, 1.82) is 0 Å². The number of esters is 1. The SMILES string of the molecule is CCC(C)(C)C(=O)OCCC(=O)c1ccccc1-c1c2ccc(=[N+](C)C)cc-2oc2cc(N(C)C)ccc12. The number of rotatable bonds is 8. The van der Waals surface area contributed by atoms with Crippen LogP contribution in [0.3, 0.4) is 0 Å². The number of ether oxygens (including phenoxy) is 1. The van der Waals surface area contributed by atoms with Gasteiger partial charge in [-0.1, -0.05) is 31.2 Å². The van der Waals surface area contributed by atoms with Crippen molar-refractivity contribution < 1.29 is 18.7 Å². The summed E-state index contributed by atoms with van der Waals surface area (Å²) in [5, 5.41) is 1.95. The number of benzene rings is 3. The van der Waals surface area contributed by atoms with Gasteiger partial charge in [-0.3, -0.25) is 9.59 Å². The van der Waals surface area contributed by atoms with Gasteiger partial charge in [0.25, 0.3) is 0 Å². The normalized spacial score (nSPS) is 11.6. The van der Waals surface area contributed by atoms with Gasteiger partial charge in [-0.25, -0.2) is 4.58 Å². The molecule has 6 heteroatoms. The van der Waals surface area contributed by atoms with E-state index in [1.54, 1.807) is 0 Å². The Morgan fingerprint density at radius 2 is 1.71 bits per heavy atom. The van der Waals surface area contributed by atoms with Crippen LogP contribution >= 0.6 is 0 Å². The standard InChI is InChI=1S/C32H37N2O4/c1-8-32(2,3)31(36)37-18-17-27(35)23-11-9-10-12-24(23)30-25-15-13-21(33(4)5)19-28(25)38-29-20-22(34(6)7)14-16-26(29)30/h9-16,19-20H,8,17-18H2,1-7H3/q+1. The van der Waals surface area contributed by atoms with E-state index in [2.05, 4.69) is 24.3 Å². The highest BCUT2D eigenvalue weighted by molar-refractivity contribution is 6.10. The van der Waals surface area contributed by atoms with Crippen LogP contribution in [-0.2, 0) is 9.53 Å². The molecule has 0 fully saturated rings. The van der Waals surface area contributed by atoms with Crippen molar-refractivity contribution >= 4 is 28.4 Å². The molecule has 0 unspecified atom stereocenters. The van der Waals surface area contributed by atoms with Crippen molar-refractivity contribution in [3.8, 4) is 22.5 Å². The summed E-state index contributed by atoms with van der Waals surface area (Å²) in [6.07, 6.45) is 0.790. The van der Waals surface area contributed by atoms with Crippen molar-refractivity contribution in [2.45, 2.75) is 33.6 Å². The summed E-state index contributed by atoms with van der Waals surface area (Å²) < 4.78 is 13.9. The number of hydrogen-bond acceptors (Lipinski definition) is 5. The molecule has 2 aromatic carbocycles. The molecule has 6 nitrogen and oxygen atoms in total. The maximum atomic E-state index is 13.5. The molecule has 0 aromatic heterocycles. The summed E-state index contributed by atoms with van der Waals surface area (Å²) in [5.74, 6) is 0.392. The molecule has 2 aliphatic rings. The maximum Gasteiger partial charge on any atom is 0.311 e. The van der Waals surface area contributed by atoms with Gasteiger partial charge in [0.15, 0.2) is 5.78 Å². The number of ketones is 1. The van der Waals surface area contributed by atoms with Gasteiger partial charge < -0.3 is 14.1 Å². The van der Waals surface area contributed by atoms with Gasteiger partial charge in [-0.15, -0.1) is 0 Å². The quantitative estimate of drug-likeness (QED) is 0.128. The van der Waals surface area contributed by atoms with E-state index < -0.39 is 5.41 Å². The molecular formula is C32H37N2O4+. The summed E-state index contributed by atoms with van der Waals surface area (Å²) in [6, 6.07) is 19.9. The van der Waals surface area contributed by atoms with Crippen LogP contribution in [0, 0.1) is 5.41 Å². The lowest BCUT2D eigenvalue weighted by Gasteiger charge is -2.20. The van der Waals surface area contributed by atoms with Gasteiger partial charge in [0.2, 0.25) is 5.36 Å². The molecule has 1 heterocycles. The molecule has 0 saturated carbocycles. The molecule has 1 aliphatic heterocycles. The second-order valence-corrected chi connectivity index (χ2v) is 10.7. The monoisotopic (exact) mass is 513 g/mol. The molecular weight excluding hydrogens is 476 g/mol. The van der Waals surface area contributed by atoms with Gasteiger partial charge in [0.05, 0.1) is 18.1 Å². The van der Waals surface area contributed by atoms with E-state index in [0.29, 0.717) is 12.0 Å². The van der Waals surface area contributed by atoms with E-state index in [-0.39, 0.29) is 24.8 Å². The molecule has 0 amide bonds. The van der Waals surface area contributed by atoms with Crippen LogP contribution in [0.5, 0.6) is 0 Å². The fourth-order valence-electron chi connectivity index (χ4n) is 4.37. The molecule has 198 valence electrons. The van der Waals surface area contributed by atoms with Crippen molar-refractivity contribution in [3.05, 3.63) is 71.6 Å². The first-order valence-electron chi connectivity index (χ1n) is 13.0. The molecule has 0 atom stereocenters. The number of fused-ring (bicyclic) bond motifs is 2. The van der Waals surface area contributed by atoms with Crippen LogP contribution in [0.15, 0.2) is 65.1 Å². The third-order valence-corrected chi connectivity index (χ3v) is 7.22. The topological polar surface area (TPSA) is 62.8 Å². The summed E-state index contributed by atoms with van der Waals surface area (Å²) in [7, 11) is 7.98. The van der Waals surface area contributed by atoms with Crippen LogP contribution in [0.1, 0.15) is 44.0 Å². The Balaban J connectivity index is 1.84. The number of carbonyl (C=O) groups excluding carboxylic acids is 2. The van der Waals surface area contributed by atoms with Crippen molar-refractivity contribution in [3.63, 3.8) is 0 Å². The van der Waals surface area contributed by atoms with E-state index in [9.17, 15) is 9.59 Å². The minimum Gasteiger partial charge on any atom is -0.465 e. The Bertz CT molecular complexity index is 1540. The molecule has 38 heavy (non-hydrogen) atoms. The van der Waals surface area contributed by atoms with Crippen molar-refractivity contribution in [2.24, 2.45) is 5.41 Å². The predicted octanol–water partition coefficient (Wildman–Crippen LogP) is 5.85. The lowest BCUT2D eigenvalue weighted by atomic mass is 9.89. The largest absolute Gasteiger partial charge is 0.465 e. The molecule has 0 saturated heterocycles. The predicted molar refractivity (Wildman–Crippen MR) is 154 cm³/mol. The maximum absolute atomic E-state index is 13.5. The lowest BCUT2D eigenvalue weighted by Crippen LogP contribution is -2.26.